The first kappa shape index (κ1) is 13.4. The number of nitriles is 1. The molecule has 4 heteroatoms. The van der Waals surface area contributed by atoms with E-state index in [1.807, 2.05) is 12.1 Å². The maximum atomic E-state index is 8.81. The molecule has 2 aliphatic rings. The second kappa shape index (κ2) is 6.23. The number of aromatic nitrogens is 1. The van der Waals surface area contributed by atoms with E-state index in [0.29, 0.717) is 18.4 Å². The summed E-state index contributed by atoms with van der Waals surface area (Å²) in [5, 5.41) is 8.81. The van der Waals surface area contributed by atoms with Crippen molar-refractivity contribution in [1.82, 2.24) is 4.98 Å². The van der Waals surface area contributed by atoms with Crippen molar-refractivity contribution in [3.8, 4) is 6.07 Å². The van der Waals surface area contributed by atoms with Crippen LogP contribution in [0.3, 0.4) is 0 Å². The van der Waals surface area contributed by atoms with Crippen molar-refractivity contribution in [2.75, 3.05) is 24.7 Å². The van der Waals surface area contributed by atoms with E-state index in [1.165, 1.54) is 25.7 Å². The molecule has 106 valence electrons. The Morgan fingerprint density at radius 3 is 3.10 bits per heavy atom. The minimum atomic E-state index is 0.388. The molecule has 4 nitrogen and oxygen atoms in total. The molecule has 0 aliphatic carbocycles. The van der Waals surface area contributed by atoms with E-state index >= 15 is 0 Å². The molecule has 2 unspecified atom stereocenters. The highest BCUT2D eigenvalue weighted by Crippen LogP contribution is 2.32. The Labute approximate surface area is 120 Å². The number of nitrogens with zero attached hydrogens (tertiary/aromatic N) is 3. The van der Waals surface area contributed by atoms with E-state index in [-0.39, 0.29) is 0 Å². The smallest absolute Gasteiger partial charge is 0.129 e. The second-order valence-corrected chi connectivity index (χ2v) is 5.70. The molecule has 0 saturated carbocycles. The zero-order valence-corrected chi connectivity index (χ0v) is 11.8. The molecule has 2 fully saturated rings. The molecule has 2 aliphatic heterocycles. The van der Waals surface area contributed by atoms with Gasteiger partial charge in [0.1, 0.15) is 5.82 Å². The van der Waals surface area contributed by atoms with Crippen LogP contribution in [-0.4, -0.2) is 30.8 Å². The van der Waals surface area contributed by atoms with Crippen LogP contribution in [0.5, 0.6) is 0 Å². The fourth-order valence-electron chi connectivity index (χ4n) is 3.44. The van der Waals surface area contributed by atoms with Crippen molar-refractivity contribution < 1.29 is 4.74 Å². The number of rotatable bonds is 3. The van der Waals surface area contributed by atoms with Gasteiger partial charge in [0.25, 0.3) is 0 Å². The lowest BCUT2D eigenvalue weighted by Crippen LogP contribution is -2.40. The SMILES string of the molecule is N#CCc1cccc(N2CCCC2C2CCCOC2)n1. The number of pyridine rings is 1. The van der Waals surface area contributed by atoms with Crippen molar-refractivity contribution in [3.63, 3.8) is 0 Å². The molecule has 20 heavy (non-hydrogen) atoms. The third-order valence-corrected chi connectivity index (χ3v) is 4.39. The van der Waals surface area contributed by atoms with Crippen LogP contribution < -0.4 is 4.90 Å². The maximum Gasteiger partial charge on any atom is 0.129 e. The van der Waals surface area contributed by atoms with E-state index in [0.717, 1.165) is 31.3 Å². The maximum absolute atomic E-state index is 8.81. The monoisotopic (exact) mass is 271 g/mol. The largest absolute Gasteiger partial charge is 0.381 e. The van der Waals surface area contributed by atoms with Gasteiger partial charge in [0.15, 0.2) is 0 Å². The summed E-state index contributed by atoms with van der Waals surface area (Å²) in [6.07, 6.45) is 5.29. The third-order valence-electron chi connectivity index (χ3n) is 4.39. The van der Waals surface area contributed by atoms with E-state index in [2.05, 4.69) is 22.0 Å². The van der Waals surface area contributed by atoms with Gasteiger partial charge in [-0.3, -0.25) is 0 Å². The summed E-state index contributed by atoms with van der Waals surface area (Å²) in [5.74, 6) is 1.67. The molecule has 0 aromatic carbocycles. The summed E-state index contributed by atoms with van der Waals surface area (Å²) in [4.78, 5) is 7.08. The molecule has 1 aromatic rings. The van der Waals surface area contributed by atoms with Crippen molar-refractivity contribution in [1.29, 1.82) is 5.26 Å². The number of anilines is 1. The van der Waals surface area contributed by atoms with Gasteiger partial charge in [-0.25, -0.2) is 4.98 Å². The van der Waals surface area contributed by atoms with Crippen LogP contribution in [0.1, 0.15) is 31.4 Å². The van der Waals surface area contributed by atoms with Gasteiger partial charge in [0, 0.05) is 25.1 Å². The molecule has 3 heterocycles. The van der Waals surface area contributed by atoms with Crippen LogP contribution in [0.4, 0.5) is 5.82 Å². The van der Waals surface area contributed by atoms with Gasteiger partial charge in [0.2, 0.25) is 0 Å². The fourth-order valence-corrected chi connectivity index (χ4v) is 3.44. The van der Waals surface area contributed by atoms with E-state index in [9.17, 15) is 0 Å². The summed E-state index contributed by atoms with van der Waals surface area (Å²) < 4.78 is 5.65. The summed E-state index contributed by atoms with van der Waals surface area (Å²) in [5.41, 5.74) is 0.871. The van der Waals surface area contributed by atoms with Crippen molar-refractivity contribution >= 4 is 5.82 Å². The number of hydrogen-bond acceptors (Lipinski definition) is 4. The minimum Gasteiger partial charge on any atom is -0.381 e. The first-order valence-electron chi connectivity index (χ1n) is 7.56. The average molecular weight is 271 g/mol. The van der Waals surface area contributed by atoms with Crippen LogP contribution in [0, 0.1) is 17.2 Å². The summed E-state index contributed by atoms with van der Waals surface area (Å²) in [7, 11) is 0. The molecular formula is C16H21N3O. The summed E-state index contributed by atoms with van der Waals surface area (Å²) in [6.45, 7) is 2.88. The molecular weight excluding hydrogens is 250 g/mol. The highest BCUT2D eigenvalue weighted by molar-refractivity contribution is 5.42. The molecule has 1 aromatic heterocycles. The lowest BCUT2D eigenvalue weighted by atomic mass is 9.92. The van der Waals surface area contributed by atoms with Crippen molar-refractivity contribution in [2.24, 2.45) is 5.92 Å². The lowest BCUT2D eigenvalue weighted by Gasteiger charge is -2.34. The van der Waals surface area contributed by atoms with Gasteiger partial charge < -0.3 is 9.64 Å². The normalized spacial score (nSPS) is 26.4. The second-order valence-electron chi connectivity index (χ2n) is 5.70. The zero-order chi connectivity index (χ0) is 13.8. The molecule has 0 N–H and O–H groups in total. The minimum absolute atomic E-state index is 0.388. The van der Waals surface area contributed by atoms with E-state index in [1.54, 1.807) is 0 Å². The molecule has 0 bridgehead atoms. The Hall–Kier alpha value is -1.60. The van der Waals surface area contributed by atoms with E-state index in [4.69, 9.17) is 10.00 Å². The van der Waals surface area contributed by atoms with Crippen LogP contribution in [-0.2, 0) is 11.2 Å². The number of ether oxygens (including phenoxy) is 1. The summed E-state index contributed by atoms with van der Waals surface area (Å²) >= 11 is 0. The zero-order valence-electron chi connectivity index (χ0n) is 11.8. The van der Waals surface area contributed by atoms with Crippen LogP contribution >= 0.6 is 0 Å². The highest BCUT2D eigenvalue weighted by Gasteiger charge is 2.33. The van der Waals surface area contributed by atoms with E-state index < -0.39 is 0 Å². The van der Waals surface area contributed by atoms with Gasteiger partial charge in [-0.15, -0.1) is 0 Å². The average Bonchev–Trinajstić information content (AvgIpc) is 2.98. The predicted molar refractivity (Wildman–Crippen MR) is 77.5 cm³/mol. The van der Waals surface area contributed by atoms with Gasteiger partial charge in [-0.2, -0.15) is 5.26 Å². The molecule has 0 amide bonds. The van der Waals surface area contributed by atoms with Crippen LogP contribution in [0.2, 0.25) is 0 Å². The lowest BCUT2D eigenvalue weighted by molar-refractivity contribution is 0.0454. The molecule has 2 saturated heterocycles. The molecule has 0 spiro atoms. The van der Waals surface area contributed by atoms with Gasteiger partial charge >= 0.3 is 0 Å². The van der Waals surface area contributed by atoms with Crippen molar-refractivity contribution in [3.05, 3.63) is 23.9 Å². The Balaban J connectivity index is 1.77. The molecule has 3 rings (SSSR count). The Morgan fingerprint density at radius 2 is 2.30 bits per heavy atom. The molecule has 2 atom stereocenters. The Morgan fingerprint density at radius 1 is 1.35 bits per heavy atom. The number of hydrogen-bond donors (Lipinski definition) is 0. The van der Waals surface area contributed by atoms with Crippen molar-refractivity contribution in [2.45, 2.75) is 38.1 Å². The first-order valence-corrected chi connectivity index (χ1v) is 7.56. The van der Waals surface area contributed by atoms with Gasteiger partial charge in [-0.1, -0.05) is 6.07 Å². The standard InChI is InChI=1S/C16H21N3O/c17-9-8-14-5-1-7-16(18-14)19-10-2-6-15(19)13-4-3-11-20-12-13/h1,5,7,13,15H,2-4,6,8,10-12H2. The van der Waals surface area contributed by atoms with Crippen LogP contribution in [0.15, 0.2) is 18.2 Å². The fraction of sp³-hybridized carbons (Fsp3) is 0.625. The molecule has 0 radical (unpaired) electrons. The van der Waals surface area contributed by atoms with Gasteiger partial charge in [0.05, 0.1) is 24.8 Å². The third kappa shape index (κ3) is 2.78. The van der Waals surface area contributed by atoms with Gasteiger partial charge in [-0.05, 0) is 37.8 Å². The summed E-state index contributed by atoms with van der Waals surface area (Å²) in [6, 6.07) is 8.75. The van der Waals surface area contributed by atoms with Crippen LogP contribution in [0.25, 0.3) is 0 Å². The quantitative estimate of drug-likeness (QED) is 0.847. The Kier molecular flexibility index (Phi) is 4.17. The highest BCUT2D eigenvalue weighted by atomic mass is 16.5. The topological polar surface area (TPSA) is 49.2 Å². The first-order chi connectivity index (χ1) is 9.88. The predicted octanol–water partition coefficient (Wildman–Crippen LogP) is 2.54. The Bertz CT molecular complexity index is 491.